The lowest BCUT2D eigenvalue weighted by Crippen LogP contribution is -2.42. The van der Waals surface area contributed by atoms with Gasteiger partial charge in [-0.2, -0.15) is 0 Å². The molecule has 0 spiro atoms. The molecule has 25 heavy (non-hydrogen) atoms. The van der Waals surface area contributed by atoms with Gasteiger partial charge >= 0.3 is 5.97 Å². The lowest BCUT2D eigenvalue weighted by Gasteiger charge is -2.29. The molecule has 1 fully saturated rings. The number of carboxylic acids is 1. The van der Waals surface area contributed by atoms with Crippen LogP contribution in [-0.4, -0.2) is 40.8 Å². The summed E-state index contributed by atoms with van der Waals surface area (Å²) in [4.78, 5) is 36.5. The Kier molecular flexibility index (Phi) is 4.70. The van der Waals surface area contributed by atoms with Crippen molar-refractivity contribution in [3.8, 4) is 11.3 Å². The van der Waals surface area contributed by atoms with Gasteiger partial charge in [-0.3, -0.25) is 14.4 Å². The third kappa shape index (κ3) is 3.63. The van der Waals surface area contributed by atoms with Crippen molar-refractivity contribution in [3.05, 3.63) is 47.7 Å². The lowest BCUT2D eigenvalue weighted by molar-refractivity contribution is -0.143. The predicted octanol–water partition coefficient (Wildman–Crippen LogP) is 3.09. The number of amides is 1. The van der Waals surface area contributed by atoms with Crippen LogP contribution in [0.4, 0.5) is 0 Å². The number of rotatable bonds is 4. The van der Waals surface area contributed by atoms with Crippen LogP contribution in [0.5, 0.6) is 0 Å². The SMILES string of the molecule is CC(=O)c1ccc(-c2ccc(C(=O)N3CCCC(C(=O)O)C3)o2)cc1. The molecule has 1 aromatic heterocycles. The maximum Gasteiger partial charge on any atom is 0.308 e. The minimum absolute atomic E-state index is 0.0139. The van der Waals surface area contributed by atoms with E-state index in [0.717, 1.165) is 5.56 Å². The van der Waals surface area contributed by atoms with Crippen molar-refractivity contribution in [1.29, 1.82) is 0 Å². The number of benzene rings is 1. The Labute approximate surface area is 145 Å². The summed E-state index contributed by atoms with van der Waals surface area (Å²) in [7, 11) is 0. The second-order valence-corrected chi connectivity index (χ2v) is 6.23. The van der Waals surface area contributed by atoms with Crippen LogP contribution in [0.25, 0.3) is 11.3 Å². The van der Waals surface area contributed by atoms with Crippen molar-refractivity contribution < 1.29 is 23.9 Å². The molecule has 1 saturated heterocycles. The highest BCUT2D eigenvalue weighted by Crippen LogP contribution is 2.25. The summed E-state index contributed by atoms with van der Waals surface area (Å²) in [6.07, 6.45) is 1.26. The lowest BCUT2D eigenvalue weighted by atomic mass is 9.98. The molecule has 1 unspecified atom stereocenters. The molecule has 0 saturated carbocycles. The number of hydrogen-bond donors (Lipinski definition) is 1. The molecule has 1 atom stereocenters. The topological polar surface area (TPSA) is 87.8 Å². The van der Waals surface area contributed by atoms with Crippen molar-refractivity contribution in [3.63, 3.8) is 0 Å². The van der Waals surface area contributed by atoms with E-state index in [-0.39, 0.29) is 24.0 Å². The number of carboxylic acid groups (broad SMARTS) is 1. The van der Waals surface area contributed by atoms with E-state index >= 15 is 0 Å². The Bertz CT molecular complexity index is 805. The molecule has 2 heterocycles. The Hall–Kier alpha value is -2.89. The number of hydrogen-bond acceptors (Lipinski definition) is 4. The minimum Gasteiger partial charge on any atom is -0.481 e. The zero-order chi connectivity index (χ0) is 18.0. The molecule has 0 aliphatic carbocycles. The first-order chi connectivity index (χ1) is 12.0. The maximum absolute atomic E-state index is 12.6. The number of piperidine rings is 1. The van der Waals surface area contributed by atoms with E-state index in [1.807, 2.05) is 0 Å². The van der Waals surface area contributed by atoms with Gasteiger partial charge in [-0.1, -0.05) is 24.3 Å². The number of aliphatic carboxylic acids is 1. The Morgan fingerprint density at radius 1 is 1.12 bits per heavy atom. The molecule has 2 aromatic rings. The van der Waals surface area contributed by atoms with E-state index in [1.165, 1.54) is 11.8 Å². The van der Waals surface area contributed by atoms with E-state index in [1.54, 1.807) is 36.4 Å². The van der Waals surface area contributed by atoms with E-state index < -0.39 is 11.9 Å². The van der Waals surface area contributed by atoms with Gasteiger partial charge in [-0.25, -0.2) is 0 Å². The van der Waals surface area contributed by atoms with Crippen molar-refractivity contribution in [1.82, 2.24) is 4.90 Å². The minimum atomic E-state index is -0.872. The molecule has 1 N–H and O–H groups in total. The van der Waals surface area contributed by atoms with Gasteiger partial charge < -0.3 is 14.4 Å². The molecular formula is C19H19NO5. The van der Waals surface area contributed by atoms with Gasteiger partial charge in [-0.15, -0.1) is 0 Å². The number of nitrogens with zero attached hydrogens (tertiary/aromatic N) is 1. The molecule has 0 radical (unpaired) electrons. The highest BCUT2D eigenvalue weighted by atomic mass is 16.4. The largest absolute Gasteiger partial charge is 0.481 e. The average Bonchev–Trinajstić information content (AvgIpc) is 3.11. The molecule has 6 nitrogen and oxygen atoms in total. The normalized spacial score (nSPS) is 17.3. The predicted molar refractivity (Wildman–Crippen MR) is 90.4 cm³/mol. The smallest absolute Gasteiger partial charge is 0.308 e. The first kappa shape index (κ1) is 17.0. The number of Topliss-reactive ketones (excluding diaryl/α,β-unsaturated/α-hetero) is 1. The number of furan rings is 1. The summed E-state index contributed by atoms with van der Waals surface area (Å²) < 4.78 is 5.66. The summed E-state index contributed by atoms with van der Waals surface area (Å²) >= 11 is 0. The standard InChI is InChI=1S/C19H19NO5/c1-12(21)13-4-6-14(7-5-13)16-8-9-17(25-16)18(22)20-10-2-3-15(11-20)19(23)24/h4-9,15H,2-3,10-11H2,1H3,(H,23,24). The fourth-order valence-electron chi connectivity index (χ4n) is 3.00. The van der Waals surface area contributed by atoms with Crippen LogP contribution in [0.2, 0.25) is 0 Å². The third-order valence-electron chi connectivity index (χ3n) is 4.45. The molecular weight excluding hydrogens is 322 g/mol. The average molecular weight is 341 g/mol. The van der Waals surface area contributed by atoms with Gasteiger partial charge in [0.2, 0.25) is 0 Å². The first-order valence-corrected chi connectivity index (χ1v) is 8.19. The maximum atomic E-state index is 12.6. The monoisotopic (exact) mass is 341 g/mol. The Morgan fingerprint density at radius 2 is 1.84 bits per heavy atom. The Morgan fingerprint density at radius 3 is 2.48 bits per heavy atom. The van der Waals surface area contributed by atoms with Crippen LogP contribution in [0.15, 0.2) is 40.8 Å². The second kappa shape index (κ2) is 6.93. The highest BCUT2D eigenvalue weighted by molar-refractivity contribution is 5.94. The summed E-state index contributed by atoms with van der Waals surface area (Å²) in [5.74, 6) is -0.978. The van der Waals surface area contributed by atoms with Crippen LogP contribution in [0.1, 0.15) is 40.7 Å². The summed E-state index contributed by atoms with van der Waals surface area (Å²) in [6, 6.07) is 10.3. The zero-order valence-corrected chi connectivity index (χ0v) is 13.9. The number of carbonyl (C=O) groups excluding carboxylic acids is 2. The highest BCUT2D eigenvalue weighted by Gasteiger charge is 2.29. The quantitative estimate of drug-likeness (QED) is 0.864. The van der Waals surface area contributed by atoms with Gasteiger partial charge in [-0.05, 0) is 31.9 Å². The molecule has 1 aliphatic heterocycles. The molecule has 130 valence electrons. The summed E-state index contributed by atoms with van der Waals surface area (Å²) in [5.41, 5.74) is 1.38. The van der Waals surface area contributed by atoms with Gasteiger partial charge in [0.15, 0.2) is 11.5 Å². The van der Waals surface area contributed by atoms with Crippen LogP contribution >= 0.6 is 0 Å². The van der Waals surface area contributed by atoms with Gasteiger partial charge in [0, 0.05) is 24.2 Å². The molecule has 0 bridgehead atoms. The van der Waals surface area contributed by atoms with E-state index in [0.29, 0.717) is 30.7 Å². The van der Waals surface area contributed by atoms with E-state index in [4.69, 9.17) is 9.52 Å². The molecule has 6 heteroatoms. The summed E-state index contributed by atoms with van der Waals surface area (Å²) in [5, 5.41) is 9.14. The van der Waals surface area contributed by atoms with Gasteiger partial charge in [0.25, 0.3) is 5.91 Å². The van der Waals surface area contributed by atoms with Crippen molar-refractivity contribution >= 4 is 17.7 Å². The van der Waals surface area contributed by atoms with Crippen LogP contribution in [0.3, 0.4) is 0 Å². The zero-order valence-electron chi connectivity index (χ0n) is 13.9. The fraction of sp³-hybridized carbons (Fsp3) is 0.316. The molecule has 1 aliphatic rings. The van der Waals surface area contributed by atoms with Crippen molar-refractivity contribution in [2.24, 2.45) is 5.92 Å². The molecule has 3 rings (SSSR count). The number of ketones is 1. The molecule has 1 aromatic carbocycles. The van der Waals surface area contributed by atoms with Gasteiger partial charge in [0.05, 0.1) is 5.92 Å². The van der Waals surface area contributed by atoms with E-state index in [2.05, 4.69) is 0 Å². The van der Waals surface area contributed by atoms with Crippen LogP contribution in [0, 0.1) is 5.92 Å². The van der Waals surface area contributed by atoms with Crippen LogP contribution < -0.4 is 0 Å². The fourth-order valence-corrected chi connectivity index (χ4v) is 3.00. The Balaban J connectivity index is 1.75. The number of likely N-dealkylation sites (tertiary alicyclic amines) is 1. The van der Waals surface area contributed by atoms with Gasteiger partial charge in [0.1, 0.15) is 5.76 Å². The van der Waals surface area contributed by atoms with Crippen molar-refractivity contribution in [2.45, 2.75) is 19.8 Å². The van der Waals surface area contributed by atoms with Crippen molar-refractivity contribution in [2.75, 3.05) is 13.1 Å². The van der Waals surface area contributed by atoms with E-state index in [9.17, 15) is 14.4 Å². The second-order valence-electron chi connectivity index (χ2n) is 6.23. The summed E-state index contributed by atoms with van der Waals surface area (Å²) in [6.45, 7) is 2.24. The number of carbonyl (C=O) groups is 3. The molecule has 1 amide bonds. The van der Waals surface area contributed by atoms with Crippen LogP contribution in [-0.2, 0) is 4.79 Å². The third-order valence-corrected chi connectivity index (χ3v) is 4.45. The first-order valence-electron chi connectivity index (χ1n) is 8.19.